The van der Waals surface area contributed by atoms with E-state index in [2.05, 4.69) is 10.4 Å². The number of pyridine rings is 1. The molecule has 13 heteroatoms. The van der Waals surface area contributed by atoms with Crippen LogP contribution in [0.4, 0.5) is 14.5 Å². The highest BCUT2D eigenvalue weighted by atomic mass is 32.2. The van der Waals surface area contributed by atoms with Crippen LogP contribution in [0.15, 0.2) is 113 Å². The van der Waals surface area contributed by atoms with Crippen molar-refractivity contribution in [3.05, 3.63) is 131 Å². The van der Waals surface area contributed by atoms with Gasteiger partial charge in [0.2, 0.25) is 0 Å². The number of fused-ring (bicyclic) bond motifs is 1. The molecule has 3 aromatic heterocycles. The molecule has 238 valence electrons. The van der Waals surface area contributed by atoms with Crippen LogP contribution < -0.4 is 20.3 Å². The molecule has 0 aliphatic heterocycles. The Kier molecular flexibility index (Phi) is 8.31. The Labute approximate surface area is 267 Å². The SMILES string of the molecule is CCOc1ccn(-c2ccc(F)cc2)c(=O)c1C(=O)Nc1ccc(Oc2ccnn3ccc(-c4cccc(S(C)(=O)=O)c4)c23)c(F)c1. The maximum atomic E-state index is 15.4. The molecule has 0 fully saturated rings. The molecule has 6 rings (SSSR count). The maximum Gasteiger partial charge on any atom is 0.271 e. The zero-order valence-corrected chi connectivity index (χ0v) is 25.8. The molecule has 0 aliphatic carbocycles. The van der Waals surface area contributed by atoms with Crippen molar-refractivity contribution in [3.63, 3.8) is 0 Å². The number of carbonyl (C=O) groups excluding carboxylic acids is 1. The van der Waals surface area contributed by atoms with E-state index in [9.17, 15) is 22.4 Å². The van der Waals surface area contributed by atoms with Gasteiger partial charge in [0.1, 0.15) is 22.6 Å². The van der Waals surface area contributed by atoms with Crippen molar-refractivity contribution in [2.24, 2.45) is 0 Å². The Bertz CT molecular complexity index is 2320. The molecule has 3 aromatic carbocycles. The molecular weight excluding hydrogens is 630 g/mol. The van der Waals surface area contributed by atoms with E-state index >= 15 is 4.39 Å². The Morgan fingerprint density at radius 3 is 2.43 bits per heavy atom. The highest BCUT2D eigenvalue weighted by Crippen LogP contribution is 2.36. The van der Waals surface area contributed by atoms with E-state index in [1.807, 2.05) is 0 Å². The summed E-state index contributed by atoms with van der Waals surface area (Å²) in [5.74, 6) is -2.03. The van der Waals surface area contributed by atoms with Crippen LogP contribution in [-0.2, 0) is 9.84 Å². The molecule has 3 heterocycles. The Morgan fingerprint density at radius 2 is 1.70 bits per heavy atom. The molecule has 0 unspecified atom stereocenters. The fourth-order valence-corrected chi connectivity index (χ4v) is 5.67. The minimum Gasteiger partial charge on any atom is -0.493 e. The molecule has 0 spiro atoms. The van der Waals surface area contributed by atoms with Gasteiger partial charge in [-0.2, -0.15) is 5.10 Å². The van der Waals surface area contributed by atoms with Gasteiger partial charge >= 0.3 is 0 Å². The summed E-state index contributed by atoms with van der Waals surface area (Å²) < 4.78 is 67.4. The number of ether oxygens (including phenoxy) is 2. The number of hydrogen-bond acceptors (Lipinski definition) is 7. The van der Waals surface area contributed by atoms with Gasteiger partial charge in [0.05, 0.1) is 17.7 Å². The summed E-state index contributed by atoms with van der Waals surface area (Å²) >= 11 is 0. The van der Waals surface area contributed by atoms with E-state index < -0.39 is 32.9 Å². The van der Waals surface area contributed by atoms with Gasteiger partial charge in [-0.15, -0.1) is 0 Å². The Hall–Kier alpha value is -5.82. The average Bonchev–Trinajstić information content (AvgIpc) is 3.48. The second-order valence-corrected chi connectivity index (χ2v) is 12.4. The molecule has 0 radical (unpaired) electrons. The molecule has 10 nitrogen and oxygen atoms in total. The second kappa shape index (κ2) is 12.5. The monoisotopic (exact) mass is 656 g/mol. The lowest BCUT2D eigenvalue weighted by Crippen LogP contribution is -2.29. The third-order valence-corrected chi connectivity index (χ3v) is 8.30. The van der Waals surface area contributed by atoms with Crippen LogP contribution in [0.5, 0.6) is 17.2 Å². The van der Waals surface area contributed by atoms with Gasteiger partial charge in [-0.05, 0) is 73.2 Å². The smallest absolute Gasteiger partial charge is 0.271 e. The number of anilines is 1. The third-order valence-electron chi connectivity index (χ3n) is 7.19. The van der Waals surface area contributed by atoms with Gasteiger partial charge in [0.25, 0.3) is 11.5 Å². The number of hydrogen-bond donors (Lipinski definition) is 1. The molecule has 0 saturated heterocycles. The zero-order valence-electron chi connectivity index (χ0n) is 25.0. The second-order valence-electron chi connectivity index (χ2n) is 10.4. The first-order valence-electron chi connectivity index (χ1n) is 14.2. The number of nitrogens with zero attached hydrogens (tertiary/aromatic N) is 3. The summed E-state index contributed by atoms with van der Waals surface area (Å²) in [5, 5.41) is 6.82. The fourth-order valence-electron chi connectivity index (χ4n) is 5.01. The molecule has 6 aromatic rings. The molecule has 0 bridgehead atoms. The summed E-state index contributed by atoms with van der Waals surface area (Å²) in [6.07, 6.45) is 5.68. The predicted molar refractivity (Wildman–Crippen MR) is 171 cm³/mol. The van der Waals surface area contributed by atoms with E-state index in [4.69, 9.17) is 9.47 Å². The van der Waals surface area contributed by atoms with Crippen molar-refractivity contribution >= 4 is 26.9 Å². The lowest BCUT2D eigenvalue weighted by atomic mass is 10.1. The summed E-state index contributed by atoms with van der Waals surface area (Å²) in [7, 11) is -3.46. The van der Waals surface area contributed by atoms with Crippen LogP contribution in [0.3, 0.4) is 0 Å². The van der Waals surface area contributed by atoms with E-state index in [0.717, 1.165) is 12.3 Å². The number of aromatic nitrogens is 3. The van der Waals surface area contributed by atoms with Crippen molar-refractivity contribution in [1.82, 2.24) is 14.2 Å². The van der Waals surface area contributed by atoms with E-state index in [-0.39, 0.29) is 40.0 Å². The van der Waals surface area contributed by atoms with Crippen LogP contribution in [-0.4, -0.2) is 41.4 Å². The van der Waals surface area contributed by atoms with Crippen molar-refractivity contribution in [2.45, 2.75) is 11.8 Å². The van der Waals surface area contributed by atoms with Crippen molar-refractivity contribution in [1.29, 1.82) is 0 Å². The summed E-state index contributed by atoms with van der Waals surface area (Å²) in [4.78, 5) is 26.9. The van der Waals surface area contributed by atoms with Crippen molar-refractivity contribution in [3.8, 4) is 34.1 Å². The largest absolute Gasteiger partial charge is 0.493 e. The predicted octanol–water partition coefficient (Wildman–Crippen LogP) is 6.28. The summed E-state index contributed by atoms with van der Waals surface area (Å²) in [5.41, 5.74) is 1.02. The van der Waals surface area contributed by atoms with E-state index in [1.165, 1.54) is 76.1 Å². The van der Waals surface area contributed by atoms with Gasteiger partial charge in [-0.25, -0.2) is 21.7 Å². The quantitative estimate of drug-likeness (QED) is 0.195. The van der Waals surface area contributed by atoms with Gasteiger partial charge in [0, 0.05) is 47.7 Å². The van der Waals surface area contributed by atoms with Crippen LogP contribution in [0.25, 0.3) is 22.3 Å². The van der Waals surface area contributed by atoms with Gasteiger partial charge in [0.15, 0.2) is 27.2 Å². The van der Waals surface area contributed by atoms with Crippen LogP contribution in [0.2, 0.25) is 0 Å². The van der Waals surface area contributed by atoms with Crippen molar-refractivity contribution in [2.75, 3.05) is 18.2 Å². The molecule has 47 heavy (non-hydrogen) atoms. The highest BCUT2D eigenvalue weighted by molar-refractivity contribution is 7.90. The lowest BCUT2D eigenvalue weighted by Gasteiger charge is -2.14. The Morgan fingerprint density at radius 1 is 0.915 bits per heavy atom. The zero-order chi connectivity index (χ0) is 33.3. The standard InChI is InChI=1S/C34H26F2N4O6S/c1-3-45-29-15-17-39(24-10-7-22(35)8-11-24)34(42)31(29)33(41)38-23-9-12-28(27(36)20-23)46-30-13-16-37-40-18-14-26(32(30)40)21-5-4-6-25(19-21)47(2,43)44/h4-20H,3H2,1-2H3,(H,38,41). The van der Waals surface area contributed by atoms with E-state index in [0.29, 0.717) is 22.3 Å². The molecule has 1 amide bonds. The van der Waals surface area contributed by atoms with E-state index in [1.54, 1.807) is 37.4 Å². The molecule has 0 atom stereocenters. The summed E-state index contributed by atoms with van der Waals surface area (Å²) in [6, 6.07) is 20.1. The third kappa shape index (κ3) is 6.33. The summed E-state index contributed by atoms with van der Waals surface area (Å²) in [6.45, 7) is 1.87. The number of carbonyl (C=O) groups is 1. The van der Waals surface area contributed by atoms with Gasteiger partial charge in [-0.1, -0.05) is 12.1 Å². The number of sulfone groups is 1. The number of benzene rings is 3. The van der Waals surface area contributed by atoms with Crippen LogP contribution in [0, 0.1) is 11.6 Å². The topological polar surface area (TPSA) is 121 Å². The Balaban J connectivity index is 1.29. The van der Waals surface area contributed by atoms with Gasteiger partial charge in [-0.3, -0.25) is 14.2 Å². The molecular formula is C34H26F2N4O6S. The minimum absolute atomic E-state index is 0.0283. The fraction of sp³-hybridized carbons (Fsp3) is 0.0882. The maximum absolute atomic E-state index is 15.4. The molecule has 0 saturated carbocycles. The van der Waals surface area contributed by atoms with Crippen LogP contribution in [0.1, 0.15) is 17.3 Å². The van der Waals surface area contributed by atoms with Crippen LogP contribution >= 0.6 is 0 Å². The first-order chi connectivity index (χ1) is 22.5. The average molecular weight is 657 g/mol. The molecule has 1 N–H and O–H groups in total. The minimum atomic E-state index is -3.46. The number of rotatable bonds is 9. The van der Waals surface area contributed by atoms with Crippen molar-refractivity contribution < 1.29 is 31.5 Å². The first kappa shape index (κ1) is 31.2. The number of nitrogens with one attached hydrogen (secondary N) is 1. The molecule has 0 aliphatic rings. The number of halogens is 2. The highest BCUT2D eigenvalue weighted by Gasteiger charge is 2.21. The number of amides is 1. The normalized spacial score (nSPS) is 11.4. The lowest BCUT2D eigenvalue weighted by molar-refractivity contribution is 0.102. The van der Waals surface area contributed by atoms with Gasteiger partial charge < -0.3 is 14.8 Å². The first-order valence-corrected chi connectivity index (χ1v) is 16.1.